The molecule has 1 saturated heterocycles. The van der Waals surface area contributed by atoms with Crippen LogP contribution in [-0.2, 0) is 4.79 Å². The van der Waals surface area contributed by atoms with Gasteiger partial charge in [-0.15, -0.1) is 0 Å². The van der Waals surface area contributed by atoms with Gasteiger partial charge in [0.2, 0.25) is 5.91 Å². The van der Waals surface area contributed by atoms with Crippen LogP contribution in [0.4, 0.5) is 0 Å². The monoisotopic (exact) mass is 264 g/mol. The fourth-order valence-corrected chi connectivity index (χ4v) is 4.21. The molecule has 108 valence electrons. The molecule has 1 unspecified atom stereocenters. The predicted molar refractivity (Wildman–Crippen MR) is 76.6 cm³/mol. The number of hydrogen-bond acceptors (Lipinski definition) is 2. The van der Waals surface area contributed by atoms with Crippen LogP contribution in [0.1, 0.15) is 65.7 Å². The molecule has 0 aromatic rings. The first-order valence-electron chi connectivity index (χ1n) is 8.05. The van der Waals surface area contributed by atoms with Crippen molar-refractivity contribution >= 4 is 5.91 Å². The molecule has 3 rings (SSSR count). The molecule has 19 heavy (non-hydrogen) atoms. The van der Waals surface area contributed by atoms with E-state index < -0.39 is 0 Å². The summed E-state index contributed by atoms with van der Waals surface area (Å²) in [4.78, 5) is 15.1. The maximum atomic E-state index is 12.9. The summed E-state index contributed by atoms with van der Waals surface area (Å²) in [5.74, 6) is 0.893. The van der Waals surface area contributed by atoms with Crippen LogP contribution in [-0.4, -0.2) is 29.1 Å². The van der Waals surface area contributed by atoms with Gasteiger partial charge in [-0.2, -0.15) is 0 Å². The molecule has 0 aromatic heterocycles. The fourth-order valence-electron chi connectivity index (χ4n) is 4.21. The summed E-state index contributed by atoms with van der Waals surface area (Å²) in [6.45, 7) is 7.77. The summed E-state index contributed by atoms with van der Waals surface area (Å²) in [5, 5.41) is 3.71. The lowest BCUT2D eigenvalue weighted by Crippen LogP contribution is -2.48. The Hall–Kier alpha value is -0.570. The predicted octanol–water partition coefficient (Wildman–Crippen LogP) is 2.90. The third-order valence-electron chi connectivity index (χ3n) is 5.63. The van der Waals surface area contributed by atoms with Gasteiger partial charge in [0, 0.05) is 6.54 Å². The number of rotatable bonds is 3. The van der Waals surface area contributed by atoms with E-state index in [0.717, 1.165) is 19.4 Å². The summed E-state index contributed by atoms with van der Waals surface area (Å²) in [6.07, 6.45) is 8.66. The quantitative estimate of drug-likeness (QED) is 0.850. The Morgan fingerprint density at radius 2 is 1.84 bits per heavy atom. The van der Waals surface area contributed by atoms with Crippen molar-refractivity contribution in [3.8, 4) is 0 Å². The van der Waals surface area contributed by atoms with Gasteiger partial charge in [0.15, 0.2) is 0 Å². The Morgan fingerprint density at radius 3 is 2.32 bits per heavy atom. The SMILES string of the molecule is CC(C)C1NC2(CCCC2)C(=O)N1CC1(C)CCC1. The standard InChI is InChI=1S/C16H28N2O/c1-12(2)13-17-16(9-4-5-10-16)14(19)18(13)11-15(3)7-6-8-15/h12-13,17H,4-11H2,1-3H3. The van der Waals surface area contributed by atoms with E-state index in [0.29, 0.717) is 17.2 Å². The van der Waals surface area contributed by atoms with Gasteiger partial charge in [0.05, 0.1) is 11.7 Å². The van der Waals surface area contributed by atoms with Crippen LogP contribution in [0.3, 0.4) is 0 Å². The first kappa shape index (κ1) is 13.4. The van der Waals surface area contributed by atoms with E-state index in [4.69, 9.17) is 0 Å². The minimum atomic E-state index is -0.199. The topological polar surface area (TPSA) is 32.3 Å². The minimum absolute atomic E-state index is 0.199. The summed E-state index contributed by atoms with van der Waals surface area (Å²) in [7, 11) is 0. The lowest BCUT2D eigenvalue weighted by atomic mass is 9.70. The molecule has 0 bridgehead atoms. The van der Waals surface area contributed by atoms with Crippen molar-refractivity contribution in [3.63, 3.8) is 0 Å². The highest BCUT2D eigenvalue weighted by atomic mass is 16.2. The van der Waals surface area contributed by atoms with Crippen LogP contribution in [0.25, 0.3) is 0 Å². The van der Waals surface area contributed by atoms with E-state index in [1.54, 1.807) is 0 Å². The van der Waals surface area contributed by atoms with Crippen LogP contribution >= 0.6 is 0 Å². The summed E-state index contributed by atoms with van der Waals surface area (Å²) >= 11 is 0. The average molecular weight is 264 g/mol. The van der Waals surface area contributed by atoms with Crippen molar-refractivity contribution in [2.24, 2.45) is 11.3 Å². The van der Waals surface area contributed by atoms with Gasteiger partial charge < -0.3 is 4.90 Å². The van der Waals surface area contributed by atoms with Crippen molar-refractivity contribution < 1.29 is 4.79 Å². The van der Waals surface area contributed by atoms with E-state index in [2.05, 4.69) is 31.0 Å². The van der Waals surface area contributed by atoms with Crippen molar-refractivity contribution in [1.29, 1.82) is 0 Å². The molecule has 1 atom stereocenters. The summed E-state index contributed by atoms with van der Waals surface area (Å²) < 4.78 is 0. The number of amides is 1. The fraction of sp³-hybridized carbons (Fsp3) is 0.938. The normalized spacial score (nSPS) is 32.3. The van der Waals surface area contributed by atoms with Crippen LogP contribution in [0.2, 0.25) is 0 Å². The minimum Gasteiger partial charge on any atom is -0.325 e. The zero-order chi connectivity index (χ0) is 13.7. The van der Waals surface area contributed by atoms with Crippen LogP contribution < -0.4 is 5.32 Å². The second-order valence-corrected chi connectivity index (χ2v) is 7.72. The zero-order valence-corrected chi connectivity index (χ0v) is 12.7. The van der Waals surface area contributed by atoms with E-state index in [-0.39, 0.29) is 11.7 Å². The second-order valence-electron chi connectivity index (χ2n) is 7.72. The second kappa shape index (κ2) is 4.47. The van der Waals surface area contributed by atoms with Gasteiger partial charge in [-0.1, -0.05) is 40.0 Å². The molecule has 1 heterocycles. The molecule has 2 aliphatic carbocycles. The molecule has 3 aliphatic rings. The Kier molecular flexibility index (Phi) is 3.16. The van der Waals surface area contributed by atoms with Gasteiger partial charge in [-0.3, -0.25) is 10.1 Å². The number of carbonyl (C=O) groups is 1. The van der Waals surface area contributed by atoms with Crippen molar-refractivity contribution in [2.45, 2.75) is 77.4 Å². The largest absolute Gasteiger partial charge is 0.325 e. The van der Waals surface area contributed by atoms with Crippen molar-refractivity contribution in [3.05, 3.63) is 0 Å². The van der Waals surface area contributed by atoms with E-state index in [1.165, 1.54) is 32.1 Å². The van der Waals surface area contributed by atoms with Gasteiger partial charge >= 0.3 is 0 Å². The highest BCUT2D eigenvalue weighted by Crippen LogP contribution is 2.44. The third kappa shape index (κ3) is 2.10. The molecular weight excluding hydrogens is 236 g/mol. The first-order valence-corrected chi connectivity index (χ1v) is 8.05. The summed E-state index contributed by atoms with van der Waals surface area (Å²) in [6, 6.07) is 0. The molecule has 3 nitrogen and oxygen atoms in total. The van der Waals surface area contributed by atoms with Gasteiger partial charge in [-0.05, 0) is 37.0 Å². The number of nitrogens with one attached hydrogen (secondary N) is 1. The molecule has 1 amide bonds. The molecule has 0 radical (unpaired) electrons. The molecular formula is C16H28N2O. The first-order chi connectivity index (χ1) is 8.96. The highest BCUT2D eigenvalue weighted by molar-refractivity contribution is 5.89. The van der Waals surface area contributed by atoms with Crippen LogP contribution in [0.15, 0.2) is 0 Å². The smallest absolute Gasteiger partial charge is 0.244 e. The Bertz CT molecular complexity index is 367. The molecule has 3 fully saturated rings. The van der Waals surface area contributed by atoms with Gasteiger partial charge in [0.25, 0.3) is 0 Å². The lowest BCUT2D eigenvalue weighted by molar-refractivity contribution is -0.136. The Balaban J connectivity index is 1.81. The Labute approximate surface area is 117 Å². The maximum Gasteiger partial charge on any atom is 0.244 e. The molecule has 3 heteroatoms. The Morgan fingerprint density at radius 1 is 1.21 bits per heavy atom. The van der Waals surface area contributed by atoms with Crippen LogP contribution in [0, 0.1) is 11.3 Å². The average Bonchev–Trinajstić information content (AvgIpc) is 2.89. The molecule has 1 N–H and O–H groups in total. The maximum absolute atomic E-state index is 12.9. The molecule has 1 aliphatic heterocycles. The van der Waals surface area contributed by atoms with Crippen molar-refractivity contribution in [1.82, 2.24) is 10.2 Å². The highest BCUT2D eigenvalue weighted by Gasteiger charge is 2.54. The third-order valence-corrected chi connectivity index (χ3v) is 5.63. The number of nitrogens with zero attached hydrogens (tertiary/aromatic N) is 1. The van der Waals surface area contributed by atoms with Crippen molar-refractivity contribution in [2.75, 3.05) is 6.54 Å². The molecule has 0 aromatic carbocycles. The van der Waals surface area contributed by atoms with E-state index in [9.17, 15) is 4.79 Å². The zero-order valence-electron chi connectivity index (χ0n) is 12.7. The number of carbonyl (C=O) groups excluding carboxylic acids is 1. The van der Waals surface area contributed by atoms with E-state index in [1.807, 2.05) is 0 Å². The van der Waals surface area contributed by atoms with Gasteiger partial charge in [-0.25, -0.2) is 0 Å². The molecule has 1 spiro atoms. The van der Waals surface area contributed by atoms with Crippen LogP contribution in [0.5, 0.6) is 0 Å². The van der Waals surface area contributed by atoms with Gasteiger partial charge in [0.1, 0.15) is 0 Å². The molecule has 2 saturated carbocycles. The lowest BCUT2D eigenvalue weighted by Gasteiger charge is -2.43. The summed E-state index contributed by atoms with van der Waals surface area (Å²) in [5.41, 5.74) is 0.184. The number of hydrogen-bond donors (Lipinski definition) is 1. The van der Waals surface area contributed by atoms with E-state index >= 15 is 0 Å².